The van der Waals surface area contributed by atoms with Crippen LogP contribution in [0.1, 0.15) is 52.9 Å². The van der Waals surface area contributed by atoms with E-state index in [2.05, 4.69) is 19.2 Å². The number of nitrogens with zero attached hydrogens (tertiary/aromatic N) is 1. The van der Waals surface area contributed by atoms with E-state index < -0.39 is 11.4 Å². The number of urea groups is 1. The van der Waals surface area contributed by atoms with Crippen molar-refractivity contribution in [2.75, 3.05) is 13.6 Å². The van der Waals surface area contributed by atoms with Gasteiger partial charge in [-0.15, -0.1) is 0 Å². The molecule has 0 aromatic heterocycles. The smallest absolute Gasteiger partial charge is 0.317 e. The summed E-state index contributed by atoms with van der Waals surface area (Å²) in [5.41, 5.74) is -0.768. The van der Waals surface area contributed by atoms with Crippen LogP contribution >= 0.6 is 0 Å². The summed E-state index contributed by atoms with van der Waals surface area (Å²) < 4.78 is 0. The minimum absolute atomic E-state index is 0.127. The fourth-order valence-corrected chi connectivity index (χ4v) is 2.70. The van der Waals surface area contributed by atoms with Gasteiger partial charge in [0.2, 0.25) is 0 Å². The Bertz CT molecular complexity index is 349. The fraction of sp³-hybridized carbons (Fsp3) is 0.867. The van der Waals surface area contributed by atoms with Gasteiger partial charge >= 0.3 is 12.0 Å². The maximum atomic E-state index is 12.1. The highest BCUT2D eigenvalue weighted by Crippen LogP contribution is 2.36. The zero-order valence-electron chi connectivity index (χ0n) is 13.1. The zero-order valence-corrected chi connectivity index (χ0v) is 13.1. The van der Waals surface area contributed by atoms with E-state index in [1.807, 2.05) is 6.92 Å². The van der Waals surface area contributed by atoms with E-state index in [-0.39, 0.29) is 18.6 Å². The van der Waals surface area contributed by atoms with E-state index in [1.54, 1.807) is 11.9 Å². The lowest BCUT2D eigenvalue weighted by Crippen LogP contribution is -2.50. The Morgan fingerprint density at radius 2 is 1.75 bits per heavy atom. The predicted octanol–water partition coefficient (Wildman–Crippen LogP) is 2.71. The van der Waals surface area contributed by atoms with Gasteiger partial charge in [-0.2, -0.15) is 0 Å². The van der Waals surface area contributed by atoms with Gasteiger partial charge in [0.25, 0.3) is 0 Å². The van der Waals surface area contributed by atoms with Crippen LogP contribution in [0.15, 0.2) is 0 Å². The van der Waals surface area contributed by atoms with Gasteiger partial charge in [-0.1, -0.05) is 33.1 Å². The van der Waals surface area contributed by atoms with E-state index in [4.69, 9.17) is 0 Å². The molecule has 0 spiro atoms. The number of hydrogen-bond donors (Lipinski definition) is 2. The van der Waals surface area contributed by atoms with Crippen molar-refractivity contribution in [3.05, 3.63) is 0 Å². The molecule has 0 radical (unpaired) electrons. The summed E-state index contributed by atoms with van der Waals surface area (Å²) in [7, 11) is 1.76. The molecule has 1 aliphatic rings. The fourth-order valence-electron chi connectivity index (χ4n) is 2.70. The van der Waals surface area contributed by atoms with Crippen molar-refractivity contribution in [2.45, 2.75) is 58.9 Å². The Balaban J connectivity index is 2.59. The molecule has 5 heteroatoms. The second-order valence-electron chi connectivity index (χ2n) is 6.40. The zero-order chi connectivity index (χ0) is 15.3. The molecule has 2 N–H and O–H groups in total. The summed E-state index contributed by atoms with van der Waals surface area (Å²) >= 11 is 0. The van der Waals surface area contributed by atoms with Gasteiger partial charge in [-0.25, -0.2) is 4.79 Å². The Hall–Kier alpha value is -1.26. The first-order chi connectivity index (χ1) is 9.30. The van der Waals surface area contributed by atoms with E-state index in [1.165, 1.54) is 0 Å². The van der Waals surface area contributed by atoms with Crippen molar-refractivity contribution in [3.8, 4) is 0 Å². The minimum atomic E-state index is -0.780. The molecule has 1 unspecified atom stereocenters. The maximum Gasteiger partial charge on any atom is 0.317 e. The number of nitrogens with one attached hydrogen (secondary N) is 1. The lowest BCUT2D eigenvalue weighted by Gasteiger charge is -2.35. The third-order valence-electron chi connectivity index (χ3n) is 4.74. The molecule has 1 fully saturated rings. The lowest BCUT2D eigenvalue weighted by molar-refractivity contribution is -0.150. The summed E-state index contributed by atoms with van der Waals surface area (Å²) in [6, 6.07) is -0.0560. The third-order valence-corrected chi connectivity index (χ3v) is 4.74. The van der Waals surface area contributed by atoms with Gasteiger partial charge in [0.15, 0.2) is 0 Å². The van der Waals surface area contributed by atoms with Crippen LogP contribution in [0.5, 0.6) is 0 Å². The number of rotatable bonds is 5. The minimum Gasteiger partial charge on any atom is -0.481 e. The largest absolute Gasteiger partial charge is 0.481 e. The van der Waals surface area contributed by atoms with Crippen LogP contribution in [-0.4, -0.2) is 41.6 Å². The third kappa shape index (κ3) is 3.87. The Kier molecular flexibility index (Phi) is 5.84. The lowest BCUT2D eigenvalue weighted by atomic mass is 9.74. The van der Waals surface area contributed by atoms with Crippen LogP contribution in [0, 0.1) is 11.3 Å². The summed E-state index contributed by atoms with van der Waals surface area (Å²) in [6.07, 6.45) is 4.27. The van der Waals surface area contributed by atoms with Crippen LogP contribution in [0.25, 0.3) is 0 Å². The number of carbonyl (C=O) groups is 2. The molecule has 0 bridgehead atoms. The van der Waals surface area contributed by atoms with Crippen molar-refractivity contribution < 1.29 is 14.7 Å². The van der Waals surface area contributed by atoms with Gasteiger partial charge in [-0.3, -0.25) is 4.79 Å². The molecule has 1 rings (SSSR count). The van der Waals surface area contributed by atoms with E-state index in [9.17, 15) is 14.7 Å². The monoisotopic (exact) mass is 284 g/mol. The van der Waals surface area contributed by atoms with Crippen molar-refractivity contribution in [1.82, 2.24) is 10.2 Å². The van der Waals surface area contributed by atoms with E-state index in [0.29, 0.717) is 18.8 Å². The van der Waals surface area contributed by atoms with Crippen molar-refractivity contribution in [2.24, 2.45) is 11.3 Å². The number of amides is 2. The first kappa shape index (κ1) is 16.8. The molecule has 1 saturated carbocycles. The molecule has 0 heterocycles. The van der Waals surface area contributed by atoms with Crippen LogP contribution in [0.3, 0.4) is 0 Å². The number of carboxylic acid groups (broad SMARTS) is 1. The Morgan fingerprint density at radius 3 is 2.20 bits per heavy atom. The first-order valence-corrected chi connectivity index (χ1v) is 7.54. The number of carbonyl (C=O) groups excluding carboxylic acids is 1. The molecule has 0 aromatic rings. The molecule has 116 valence electrons. The normalized spacial score (nSPS) is 19.4. The molecule has 2 amide bonds. The van der Waals surface area contributed by atoms with Crippen molar-refractivity contribution in [1.29, 1.82) is 0 Å². The Labute approximate surface area is 121 Å². The maximum absolute atomic E-state index is 12.1. The standard InChI is InChI=1S/C15H28N2O3/c1-11(2)12(3)17(4)14(20)16-10-15(13(18)19)8-6-5-7-9-15/h11-12H,5-10H2,1-4H3,(H,16,20)(H,18,19). The molecule has 0 saturated heterocycles. The summed E-state index contributed by atoms with van der Waals surface area (Å²) in [4.78, 5) is 25.3. The van der Waals surface area contributed by atoms with Gasteiger partial charge in [0.05, 0.1) is 5.41 Å². The predicted molar refractivity (Wildman–Crippen MR) is 78.6 cm³/mol. The van der Waals surface area contributed by atoms with Crippen LogP contribution in [0.2, 0.25) is 0 Å². The molecule has 0 aromatic carbocycles. The second kappa shape index (κ2) is 6.95. The van der Waals surface area contributed by atoms with Gasteiger partial charge < -0.3 is 15.3 Å². The van der Waals surface area contributed by atoms with Crippen LogP contribution in [0.4, 0.5) is 4.79 Å². The highest BCUT2D eigenvalue weighted by molar-refractivity contribution is 5.78. The number of aliphatic carboxylic acids is 1. The SMILES string of the molecule is CC(C)C(C)N(C)C(=O)NCC1(C(=O)O)CCCCC1. The first-order valence-electron chi connectivity index (χ1n) is 7.54. The molecule has 5 nitrogen and oxygen atoms in total. The van der Waals surface area contributed by atoms with E-state index in [0.717, 1.165) is 19.3 Å². The van der Waals surface area contributed by atoms with Crippen molar-refractivity contribution in [3.63, 3.8) is 0 Å². The van der Waals surface area contributed by atoms with E-state index >= 15 is 0 Å². The highest BCUT2D eigenvalue weighted by atomic mass is 16.4. The van der Waals surface area contributed by atoms with Crippen molar-refractivity contribution >= 4 is 12.0 Å². The second-order valence-corrected chi connectivity index (χ2v) is 6.40. The Morgan fingerprint density at radius 1 is 1.20 bits per heavy atom. The molecular formula is C15H28N2O3. The van der Waals surface area contributed by atoms with Gasteiger partial charge in [-0.05, 0) is 25.7 Å². The summed E-state index contributed by atoms with van der Waals surface area (Å²) in [5, 5.41) is 12.3. The molecule has 0 aliphatic heterocycles. The number of hydrogen-bond acceptors (Lipinski definition) is 2. The topological polar surface area (TPSA) is 69.6 Å². The molecule has 20 heavy (non-hydrogen) atoms. The summed E-state index contributed by atoms with van der Waals surface area (Å²) in [6.45, 7) is 6.36. The van der Waals surface area contributed by atoms with Crippen LogP contribution in [-0.2, 0) is 4.79 Å². The molecule has 1 atom stereocenters. The van der Waals surface area contributed by atoms with Crippen LogP contribution < -0.4 is 5.32 Å². The number of carboxylic acids is 1. The molecular weight excluding hydrogens is 256 g/mol. The van der Waals surface area contributed by atoms with Gasteiger partial charge in [0, 0.05) is 19.6 Å². The van der Waals surface area contributed by atoms with Gasteiger partial charge in [0.1, 0.15) is 0 Å². The average Bonchev–Trinajstić information content (AvgIpc) is 2.43. The average molecular weight is 284 g/mol. The summed E-state index contributed by atoms with van der Waals surface area (Å²) in [5.74, 6) is -0.411. The quantitative estimate of drug-likeness (QED) is 0.815. The molecule has 1 aliphatic carbocycles. The highest BCUT2D eigenvalue weighted by Gasteiger charge is 2.40.